The van der Waals surface area contributed by atoms with Crippen molar-refractivity contribution in [2.24, 2.45) is 0 Å². The lowest BCUT2D eigenvalue weighted by Gasteiger charge is -2.12. The van der Waals surface area contributed by atoms with Gasteiger partial charge in [0, 0.05) is 16.8 Å². The summed E-state index contributed by atoms with van der Waals surface area (Å²) in [5, 5.41) is 29.0. The topological polar surface area (TPSA) is 71.2 Å². The fourth-order valence-electron chi connectivity index (χ4n) is 2.18. The van der Waals surface area contributed by atoms with Gasteiger partial charge in [-0.3, -0.25) is 0 Å². The summed E-state index contributed by atoms with van der Waals surface area (Å²) in [5.74, 6) is 1.06. The Morgan fingerprint density at radius 2 is 2.19 bits per heavy atom. The van der Waals surface area contributed by atoms with Crippen LogP contribution in [0, 0.1) is 0 Å². The zero-order valence-corrected chi connectivity index (χ0v) is 12.9. The first-order chi connectivity index (χ1) is 10.2. The van der Waals surface area contributed by atoms with Crippen LogP contribution in [-0.2, 0) is 6.61 Å². The summed E-state index contributed by atoms with van der Waals surface area (Å²) in [5.41, 5.74) is 0.787. The Hall–Kier alpha value is -1.08. The van der Waals surface area contributed by atoms with Gasteiger partial charge >= 0.3 is 0 Å². The van der Waals surface area contributed by atoms with Crippen LogP contribution in [0.15, 0.2) is 29.4 Å². The fourth-order valence-corrected chi connectivity index (χ4v) is 3.37. The largest absolute Gasteiger partial charge is 0.388 e. The molecule has 7 heteroatoms. The number of halogens is 1. The lowest BCUT2D eigenvalue weighted by atomic mass is 10.1. The molecule has 3 rings (SSSR count). The Balaban J connectivity index is 1.69. The van der Waals surface area contributed by atoms with E-state index in [2.05, 4.69) is 10.2 Å². The summed E-state index contributed by atoms with van der Waals surface area (Å²) in [6, 6.07) is 7.61. The molecule has 1 unspecified atom stereocenters. The van der Waals surface area contributed by atoms with Gasteiger partial charge in [0.2, 0.25) is 0 Å². The van der Waals surface area contributed by atoms with Gasteiger partial charge in [-0.05, 0) is 30.5 Å². The molecule has 21 heavy (non-hydrogen) atoms. The van der Waals surface area contributed by atoms with Gasteiger partial charge in [-0.15, -0.1) is 10.2 Å². The summed E-state index contributed by atoms with van der Waals surface area (Å²) >= 11 is 7.38. The van der Waals surface area contributed by atoms with Crippen molar-refractivity contribution in [2.45, 2.75) is 36.8 Å². The van der Waals surface area contributed by atoms with E-state index in [-0.39, 0.29) is 6.61 Å². The summed E-state index contributed by atoms with van der Waals surface area (Å²) < 4.78 is 1.98. The number of aromatic nitrogens is 3. The van der Waals surface area contributed by atoms with Crippen LogP contribution in [-0.4, -0.2) is 30.7 Å². The Morgan fingerprint density at radius 3 is 2.86 bits per heavy atom. The normalized spacial score (nSPS) is 16.1. The fraction of sp³-hybridized carbons (Fsp3) is 0.429. The molecule has 1 fully saturated rings. The molecule has 1 aromatic carbocycles. The van der Waals surface area contributed by atoms with Crippen molar-refractivity contribution in [1.82, 2.24) is 14.8 Å². The van der Waals surface area contributed by atoms with Crippen molar-refractivity contribution in [3.8, 4) is 0 Å². The number of benzene rings is 1. The molecule has 0 aliphatic heterocycles. The van der Waals surface area contributed by atoms with E-state index in [0.717, 1.165) is 23.6 Å². The first kappa shape index (κ1) is 14.8. The molecule has 5 nitrogen and oxygen atoms in total. The average molecular weight is 326 g/mol. The van der Waals surface area contributed by atoms with Crippen molar-refractivity contribution in [1.29, 1.82) is 0 Å². The number of aliphatic hydroxyl groups is 2. The van der Waals surface area contributed by atoms with Crippen LogP contribution in [0.2, 0.25) is 5.02 Å². The van der Waals surface area contributed by atoms with Crippen LogP contribution < -0.4 is 0 Å². The Labute approximate surface area is 132 Å². The van der Waals surface area contributed by atoms with E-state index in [1.54, 1.807) is 12.1 Å². The summed E-state index contributed by atoms with van der Waals surface area (Å²) in [6.45, 7) is -0.110. The maximum Gasteiger partial charge on any atom is 0.191 e. The molecular formula is C14H16ClN3O2S. The zero-order chi connectivity index (χ0) is 14.8. The molecular weight excluding hydrogens is 310 g/mol. The second-order valence-corrected chi connectivity index (χ2v) is 6.46. The van der Waals surface area contributed by atoms with E-state index in [0.29, 0.717) is 22.6 Å². The van der Waals surface area contributed by atoms with Gasteiger partial charge in [-0.2, -0.15) is 0 Å². The summed E-state index contributed by atoms with van der Waals surface area (Å²) in [7, 11) is 0. The van der Waals surface area contributed by atoms with E-state index < -0.39 is 6.10 Å². The highest BCUT2D eigenvalue weighted by Gasteiger charge is 2.29. The number of aliphatic hydroxyl groups excluding tert-OH is 2. The maximum absolute atomic E-state index is 10.2. The van der Waals surface area contributed by atoms with E-state index in [9.17, 15) is 10.2 Å². The molecule has 0 spiro atoms. The molecule has 0 saturated heterocycles. The minimum absolute atomic E-state index is 0.110. The predicted molar refractivity (Wildman–Crippen MR) is 81.4 cm³/mol. The maximum atomic E-state index is 10.2. The molecule has 1 saturated carbocycles. The number of nitrogens with zero attached hydrogens (tertiary/aromatic N) is 3. The molecule has 1 aliphatic rings. The number of hydrogen-bond donors (Lipinski definition) is 2. The van der Waals surface area contributed by atoms with Crippen LogP contribution in [0.25, 0.3) is 0 Å². The minimum Gasteiger partial charge on any atom is -0.388 e. The number of thioether (sulfide) groups is 1. The standard InChI is InChI=1S/C14H16ClN3O2S/c15-10-3-1-2-9(6-10)12(20)8-21-14-17-16-13(7-19)18(14)11-4-5-11/h1-3,6,11-12,19-20H,4-5,7-8H2. The van der Waals surface area contributed by atoms with Crippen LogP contribution in [0.1, 0.15) is 36.4 Å². The highest BCUT2D eigenvalue weighted by atomic mass is 35.5. The van der Waals surface area contributed by atoms with Crippen LogP contribution in [0.4, 0.5) is 0 Å². The molecule has 2 N–H and O–H groups in total. The predicted octanol–water partition coefficient (Wildman–Crippen LogP) is 2.58. The van der Waals surface area contributed by atoms with E-state index in [1.165, 1.54) is 11.8 Å². The van der Waals surface area contributed by atoms with Gasteiger partial charge < -0.3 is 14.8 Å². The molecule has 2 aromatic rings. The number of hydrogen-bond acceptors (Lipinski definition) is 5. The lowest BCUT2D eigenvalue weighted by Crippen LogP contribution is -2.05. The third-order valence-corrected chi connectivity index (χ3v) is 4.65. The molecule has 1 aromatic heterocycles. The first-order valence-corrected chi connectivity index (χ1v) is 8.16. The second-order valence-electron chi connectivity index (χ2n) is 5.04. The second kappa shape index (κ2) is 6.36. The van der Waals surface area contributed by atoms with Crippen molar-refractivity contribution in [3.05, 3.63) is 40.7 Å². The van der Waals surface area contributed by atoms with Crippen molar-refractivity contribution in [3.63, 3.8) is 0 Å². The highest BCUT2D eigenvalue weighted by Crippen LogP contribution is 2.39. The quantitative estimate of drug-likeness (QED) is 0.799. The minimum atomic E-state index is -0.615. The van der Waals surface area contributed by atoms with Gasteiger partial charge in [-0.1, -0.05) is 35.5 Å². The van der Waals surface area contributed by atoms with Gasteiger partial charge in [0.25, 0.3) is 0 Å². The van der Waals surface area contributed by atoms with E-state index in [4.69, 9.17) is 11.6 Å². The first-order valence-electron chi connectivity index (χ1n) is 6.80. The highest BCUT2D eigenvalue weighted by molar-refractivity contribution is 7.99. The lowest BCUT2D eigenvalue weighted by molar-refractivity contribution is 0.204. The van der Waals surface area contributed by atoms with E-state index >= 15 is 0 Å². The molecule has 112 valence electrons. The van der Waals surface area contributed by atoms with Crippen molar-refractivity contribution < 1.29 is 10.2 Å². The molecule has 1 aliphatic carbocycles. The Bertz CT molecular complexity index is 630. The Kier molecular flexibility index (Phi) is 4.49. The SMILES string of the molecule is OCc1nnc(SCC(O)c2cccc(Cl)c2)n1C1CC1. The number of rotatable bonds is 6. The van der Waals surface area contributed by atoms with Gasteiger partial charge in [0.15, 0.2) is 11.0 Å². The Morgan fingerprint density at radius 1 is 1.38 bits per heavy atom. The van der Waals surface area contributed by atoms with Gasteiger partial charge in [0.1, 0.15) is 6.61 Å². The van der Waals surface area contributed by atoms with Crippen LogP contribution in [0.5, 0.6) is 0 Å². The molecule has 1 heterocycles. The van der Waals surface area contributed by atoms with Crippen molar-refractivity contribution in [2.75, 3.05) is 5.75 Å². The summed E-state index contributed by atoms with van der Waals surface area (Å²) in [4.78, 5) is 0. The zero-order valence-electron chi connectivity index (χ0n) is 11.3. The third-order valence-electron chi connectivity index (χ3n) is 3.39. The van der Waals surface area contributed by atoms with Crippen molar-refractivity contribution >= 4 is 23.4 Å². The van der Waals surface area contributed by atoms with Crippen LogP contribution in [0.3, 0.4) is 0 Å². The van der Waals surface area contributed by atoms with Gasteiger partial charge in [-0.25, -0.2) is 0 Å². The average Bonchev–Trinajstić information content (AvgIpc) is 3.24. The van der Waals surface area contributed by atoms with Crippen LogP contribution >= 0.6 is 23.4 Å². The van der Waals surface area contributed by atoms with E-state index in [1.807, 2.05) is 16.7 Å². The van der Waals surface area contributed by atoms with Gasteiger partial charge in [0.05, 0.1) is 6.10 Å². The summed E-state index contributed by atoms with van der Waals surface area (Å²) in [6.07, 6.45) is 1.57. The molecule has 1 atom stereocenters. The molecule has 0 bridgehead atoms. The third kappa shape index (κ3) is 3.40. The monoisotopic (exact) mass is 325 g/mol. The molecule has 0 amide bonds. The molecule has 0 radical (unpaired) electrons. The smallest absolute Gasteiger partial charge is 0.191 e.